The van der Waals surface area contributed by atoms with Crippen LogP contribution in [0.5, 0.6) is 5.75 Å². The van der Waals surface area contributed by atoms with E-state index < -0.39 is 0 Å². The summed E-state index contributed by atoms with van der Waals surface area (Å²) in [5.41, 5.74) is 6.84. The lowest BCUT2D eigenvalue weighted by molar-refractivity contribution is 0.145. The first kappa shape index (κ1) is 11.0. The van der Waals surface area contributed by atoms with E-state index in [1.54, 1.807) is 7.11 Å². The monoisotopic (exact) mass is 195 g/mol. The molecule has 0 radical (unpaired) electrons. The van der Waals surface area contributed by atoms with E-state index in [-0.39, 0.29) is 6.04 Å². The molecular weight excluding hydrogens is 178 g/mol. The van der Waals surface area contributed by atoms with Gasteiger partial charge in [0.25, 0.3) is 0 Å². The minimum atomic E-state index is -0.00579. The SMILES string of the molecule is COCCOc1ccccc1[C@@H](C)N. The topological polar surface area (TPSA) is 44.5 Å². The van der Waals surface area contributed by atoms with E-state index in [0.29, 0.717) is 13.2 Å². The van der Waals surface area contributed by atoms with E-state index >= 15 is 0 Å². The Morgan fingerprint density at radius 1 is 1.29 bits per heavy atom. The van der Waals surface area contributed by atoms with Crippen molar-refractivity contribution in [2.24, 2.45) is 5.73 Å². The maximum Gasteiger partial charge on any atom is 0.124 e. The van der Waals surface area contributed by atoms with Crippen molar-refractivity contribution in [3.63, 3.8) is 0 Å². The minimum absolute atomic E-state index is 0.00579. The molecule has 0 aliphatic heterocycles. The fourth-order valence-electron chi connectivity index (χ4n) is 1.22. The number of nitrogens with two attached hydrogens (primary N) is 1. The van der Waals surface area contributed by atoms with Crippen LogP contribution in [0.15, 0.2) is 24.3 Å². The third-order valence-corrected chi connectivity index (χ3v) is 1.95. The van der Waals surface area contributed by atoms with Crippen LogP contribution in [0.25, 0.3) is 0 Å². The summed E-state index contributed by atoms with van der Waals surface area (Å²) in [4.78, 5) is 0. The van der Waals surface area contributed by atoms with Crippen LogP contribution in [0.4, 0.5) is 0 Å². The summed E-state index contributed by atoms with van der Waals surface area (Å²) in [7, 11) is 1.65. The highest BCUT2D eigenvalue weighted by atomic mass is 16.5. The number of ether oxygens (including phenoxy) is 2. The van der Waals surface area contributed by atoms with Crippen LogP contribution >= 0.6 is 0 Å². The van der Waals surface area contributed by atoms with E-state index in [1.807, 2.05) is 31.2 Å². The van der Waals surface area contributed by atoms with Crippen LogP contribution in [-0.2, 0) is 4.74 Å². The number of para-hydroxylation sites is 1. The summed E-state index contributed by atoms with van der Waals surface area (Å²) in [6.07, 6.45) is 0. The molecule has 2 N–H and O–H groups in total. The zero-order chi connectivity index (χ0) is 10.4. The maximum atomic E-state index is 5.81. The Labute approximate surface area is 84.8 Å². The summed E-state index contributed by atoms with van der Waals surface area (Å²) in [5, 5.41) is 0. The summed E-state index contributed by atoms with van der Waals surface area (Å²) >= 11 is 0. The third kappa shape index (κ3) is 3.01. The first-order valence-corrected chi connectivity index (χ1v) is 4.72. The van der Waals surface area contributed by atoms with Gasteiger partial charge in [0.1, 0.15) is 12.4 Å². The highest BCUT2D eigenvalue weighted by Crippen LogP contribution is 2.22. The Morgan fingerprint density at radius 3 is 2.64 bits per heavy atom. The molecule has 0 aliphatic rings. The number of hydrogen-bond donors (Lipinski definition) is 1. The van der Waals surface area contributed by atoms with E-state index in [4.69, 9.17) is 15.2 Å². The zero-order valence-corrected chi connectivity index (χ0v) is 8.69. The number of benzene rings is 1. The van der Waals surface area contributed by atoms with Crippen molar-refractivity contribution in [1.29, 1.82) is 0 Å². The van der Waals surface area contributed by atoms with Crippen molar-refractivity contribution in [3.05, 3.63) is 29.8 Å². The van der Waals surface area contributed by atoms with Gasteiger partial charge in [0.2, 0.25) is 0 Å². The van der Waals surface area contributed by atoms with Gasteiger partial charge in [-0.05, 0) is 13.0 Å². The molecule has 1 aromatic rings. The predicted octanol–water partition coefficient (Wildman–Crippen LogP) is 1.73. The third-order valence-electron chi connectivity index (χ3n) is 1.95. The summed E-state index contributed by atoms with van der Waals surface area (Å²) in [6, 6.07) is 7.80. The van der Waals surface area contributed by atoms with Gasteiger partial charge >= 0.3 is 0 Å². The zero-order valence-electron chi connectivity index (χ0n) is 8.69. The Bertz CT molecular complexity index is 274. The second kappa shape index (κ2) is 5.62. The van der Waals surface area contributed by atoms with Crippen LogP contribution in [0.1, 0.15) is 18.5 Å². The Kier molecular flexibility index (Phi) is 4.43. The molecule has 0 heterocycles. The Hall–Kier alpha value is -1.06. The Balaban J connectivity index is 2.64. The van der Waals surface area contributed by atoms with Crippen molar-refractivity contribution in [2.75, 3.05) is 20.3 Å². The quantitative estimate of drug-likeness (QED) is 0.728. The van der Waals surface area contributed by atoms with Gasteiger partial charge in [-0.15, -0.1) is 0 Å². The average Bonchev–Trinajstić information content (AvgIpc) is 2.19. The van der Waals surface area contributed by atoms with Gasteiger partial charge in [0, 0.05) is 18.7 Å². The Morgan fingerprint density at radius 2 is 2.00 bits per heavy atom. The van der Waals surface area contributed by atoms with Crippen molar-refractivity contribution in [3.8, 4) is 5.75 Å². The van der Waals surface area contributed by atoms with Gasteiger partial charge in [0.15, 0.2) is 0 Å². The second-order valence-corrected chi connectivity index (χ2v) is 3.17. The van der Waals surface area contributed by atoms with Crippen LogP contribution in [0, 0.1) is 0 Å². The van der Waals surface area contributed by atoms with E-state index in [2.05, 4.69) is 0 Å². The largest absolute Gasteiger partial charge is 0.491 e. The summed E-state index contributed by atoms with van der Waals surface area (Å²) < 4.78 is 10.4. The summed E-state index contributed by atoms with van der Waals surface area (Å²) in [6.45, 7) is 3.09. The molecule has 1 atom stereocenters. The lowest BCUT2D eigenvalue weighted by Gasteiger charge is -2.13. The highest BCUT2D eigenvalue weighted by Gasteiger charge is 2.06. The van der Waals surface area contributed by atoms with Gasteiger partial charge in [-0.3, -0.25) is 0 Å². The molecule has 0 spiro atoms. The van der Waals surface area contributed by atoms with Gasteiger partial charge in [-0.1, -0.05) is 18.2 Å². The molecule has 0 aromatic heterocycles. The molecule has 78 valence electrons. The maximum absolute atomic E-state index is 5.81. The van der Waals surface area contributed by atoms with E-state index in [0.717, 1.165) is 11.3 Å². The standard InChI is InChI=1S/C11H17NO2/c1-9(12)10-5-3-4-6-11(10)14-8-7-13-2/h3-6,9H,7-8,12H2,1-2H3/t9-/m1/s1. The second-order valence-electron chi connectivity index (χ2n) is 3.17. The van der Waals surface area contributed by atoms with Crippen LogP contribution in [-0.4, -0.2) is 20.3 Å². The van der Waals surface area contributed by atoms with Crippen molar-refractivity contribution >= 4 is 0 Å². The fraction of sp³-hybridized carbons (Fsp3) is 0.455. The number of methoxy groups -OCH3 is 1. The van der Waals surface area contributed by atoms with Gasteiger partial charge in [0.05, 0.1) is 6.61 Å². The smallest absolute Gasteiger partial charge is 0.124 e. The number of rotatable bonds is 5. The average molecular weight is 195 g/mol. The van der Waals surface area contributed by atoms with Crippen molar-refractivity contribution < 1.29 is 9.47 Å². The minimum Gasteiger partial charge on any atom is -0.491 e. The molecule has 14 heavy (non-hydrogen) atoms. The summed E-state index contributed by atoms with van der Waals surface area (Å²) in [5.74, 6) is 0.847. The first-order chi connectivity index (χ1) is 6.75. The molecule has 0 fully saturated rings. The normalized spacial score (nSPS) is 12.5. The van der Waals surface area contributed by atoms with E-state index in [9.17, 15) is 0 Å². The molecular formula is C11H17NO2. The molecule has 1 rings (SSSR count). The lowest BCUT2D eigenvalue weighted by Crippen LogP contribution is -2.10. The van der Waals surface area contributed by atoms with Crippen molar-refractivity contribution in [2.45, 2.75) is 13.0 Å². The van der Waals surface area contributed by atoms with E-state index in [1.165, 1.54) is 0 Å². The first-order valence-electron chi connectivity index (χ1n) is 4.72. The molecule has 0 unspecified atom stereocenters. The highest BCUT2D eigenvalue weighted by molar-refractivity contribution is 5.35. The van der Waals surface area contributed by atoms with Crippen LogP contribution in [0.3, 0.4) is 0 Å². The van der Waals surface area contributed by atoms with Crippen LogP contribution in [0.2, 0.25) is 0 Å². The molecule has 0 saturated heterocycles. The predicted molar refractivity (Wildman–Crippen MR) is 56.4 cm³/mol. The molecule has 3 nitrogen and oxygen atoms in total. The van der Waals surface area contributed by atoms with Gasteiger partial charge < -0.3 is 15.2 Å². The van der Waals surface area contributed by atoms with Crippen molar-refractivity contribution in [1.82, 2.24) is 0 Å². The molecule has 0 bridgehead atoms. The molecule has 0 saturated carbocycles. The number of hydrogen-bond acceptors (Lipinski definition) is 3. The van der Waals surface area contributed by atoms with Crippen LogP contribution < -0.4 is 10.5 Å². The fourth-order valence-corrected chi connectivity index (χ4v) is 1.22. The molecule has 3 heteroatoms. The molecule has 0 amide bonds. The van der Waals surface area contributed by atoms with Gasteiger partial charge in [-0.25, -0.2) is 0 Å². The van der Waals surface area contributed by atoms with Gasteiger partial charge in [-0.2, -0.15) is 0 Å². The molecule has 0 aliphatic carbocycles. The molecule has 1 aromatic carbocycles. The lowest BCUT2D eigenvalue weighted by atomic mass is 10.1.